The quantitative estimate of drug-likeness (QED) is 0.431. The lowest BCUT2D eigenvalue weighted by atomic mass is 10.1. The summed E-state index contributed by atoms with van der Waals surface area (Å²) >= 11 is 0. The Morgan fingerprint density at radius 1 is 1.19 bits per heavy atom. The number of amides is 1. The van der Waals surface area contributed by atoms with Gasteiger partial charge in [0.05, 0.1) is 0 Å². The highest BCUT2D eigenvalue weighted by atomic mass is 16.4. The van der Waals surface area contributed by atoms with Gasteiger partial charge in [0.2, 0.25) is 5.91 Å². The zero-order chi connectivity index (χ0) is 12.6. The summed E-state index contributed by atoms with van der Waals surface area (Å²) in [5.41, 5.74) is 5.19. The monoisotopic (exact) mass is 232 g/mol. The second-order valence-corrected chi connectivity index (χ2v) is 3.28. The van der Waals surface area contributed by atoms with E-state index in [1.165, 1.54) is 0 Å². The van der Waals surface area contributed by atoms with E-state index in [0.717, 1.165) is 0 Å². The largest absolute Gasteiger partial charge is 0.481 e. The Morgan fingerprint density at radius 2 is 1.81 bits per heavy atom. The van der Waals surface area contributed by atoms with Crippen LogP contribution < -0.4 is 11.1 Å². The van der Waals surface area contributed by atoms with Gasteiger partial charge in [-0.2, -0.15) is 0 Å². The predicted octanol–water partition coefficient (Wildman–Crippen LogP) is -0.840. The summed E-state index contributed by atoms with van der Waals surface area (Å²) < 4.78 is 0. The zero-order valence-electron chi connectivity index (χ0n) is 8.81. The molecule has 0 saturated carbocycles. The molecule has 92 valence electrons. The SMILES string of the molecule is NCCCC(=O)N[C@H](CCC(=O)O)C(=O)O. The third kappa shape index (κ3) is 6.77. The van der Waals surface area contributed by atoms with Crippen LogP contribution >= 0.6 is 0 Å². The topological polar surface area (TPSA) is 130 Å². The van der Waals surface area contributed by atoms with Crippen molar-refractivity contribution in [1.82, 2.24) is 5.32 Å². The summed E-state index contributed by atoms with van der Waals surface area (Å²) in [5, 5.41) is 19.4. The first-order chi connectivity index (χ1) is 7.47. The van der Waals surface area contributed by atoms with E-state index in [1.807, 2.05) is 0 Å². The average Bonchev–Trinajstić information content (AvgIpc) is 2.20. The summed E-state index contributed by atoms with van der Waals surface area (Å²) in [6.45, 7) is 0.348. The van der Waals surface area contributed by atoms with Crippen LogP contribution in [0.3, 0.4) is 0 Å². The van der Waals surface area contributed by atoms with Crippen molar-refractivity contribution in [3.8, 4) is 0 Å². The van der Waals surface area contributed by atoms with E-state index in [4.69, 9.17) is 15.9 Å². The molecule has 0 aromatic carbocycles. The van der Waals surface area contributed by atoms with Gasteiger partial charge in [-0.1, -0.05) is 0 Å². The van der Waals surface area contributed by atoms with Gasteiger partial charge >= 0.3 is 11.9 Å². The molecule has 0 aliphatic rings. The molecular weight excluding hydrogens is 216 g/mol. The first kappa shape index (κ1) is 14.4. The molecule has 0 rings (SSSR count). The molecule has 0 aliphatic carbocycles. The van der Waals surface area contributed by atoms with Crippen LogP contribution in [0.1, 0.15) is 25.7 Å². The van der Waals surface area contributed by atoms with Crippen LogP contribution in [0.2, 0.25) is 0 Å². The van der Waals surface area contributed by atoms with Gasteiger partial charge in [-0.15, -0.1) is 0 Å². The minimum absolute atomic E-state index is 0.126. The summed E-state index contributed by atoms with van der Waals surface area (Å²) in [5.74, 6) is -2.76. The van der Waals surface area contributed by atoms with Gasteiger partial charge in [0.1, 0.15) is 6.04 Å². The van der Waals surface area contributed by atoms with Gasteiger partial charge in [0.15, 0.2) is 0 Å². The lowest BCUT2D eigenvalue weighted by molar-refractivity contribution is -0.143. The lowest BCUT2D eigenvalue weighted by Crippen LogP contribution is -2.41. The molecule has 1 atom stereocenters. The number of carbonyl (C=O) groups is 3. The Balaban J connectivity index is 4.07. The molecule has 0 aromatic rings. The van der Waals surface area contributed by atoms with Gasteiger partial charge in [0, 0.05) is 12.8 Å². The van der Waals surface area contributed by atoms with Crippen molar-refractivity contribution in [2.24, 2.45) is 5.73 Å². The van der Waals surface area contributed by atoms with E-state index < -0.39 is 23.9 Å². The standard InChI is InChI=1S/C9H16N2O5/c10-5-1-2-7(12)11-6(9(15)16)3-4-8(13)14/h6H,1-5,10H2,(H,11,12)(H,13,14)(H,15,16)/t6-/m1/s1. The van der Waals surface area contributed by atoms with Gasteiger partial charge in [-0.25, -0.2) is 4.79 Å². The van der Waals surface area contributed by atoms with Crippen LogP contribution in [-0.4, -0.2) is 40.6 Å². The third-order valence-electron chi connectivity index (χ3n) is 1.89. The smallest absolute Gasteiger partial charge is 0.326 e. The maximum atomic E-state index is 11.2. The third-order valence-corrected chi connectivity index (χ3v) is 1.89. The number of hydrogen-bond acceptors (Lipinski definition) is 4. The summed E-state index contributed by atoms with van der Waals surface area (Å²) in [4.78, 5) is 32.1. The zero-order valence-corrected chi connectivity index (χ0v) is 8.81. The molecule has 0 fully saturated rings. The number of carbonyl (C=O) groups excluding carboxylic acids is 1. The van der Waals surface area contributed by atoms with Crippen LogP contribution in [-0.2, 0) is 14.4 Å². The second kappa shape index (κ2) is 7.63. The van der Waals surface area contributed by atoms with Crippen LogP contribution in [0.15, 0.2) is 0 Å². The highest BCUT2D eigenvalue weighted by Gasteiger charge is 2.20. The highest BCUT2D eigenvalue weighted by Crippen LogP contribution is 1.99. The molecule has 0 aliphatic heterocycles. The normalized spacial score (nSPS) is 11.8. The summed E-state index contributed by atoms with van der Waals surface area (Å²) in [6.07, 6.45) is 0.192. The van der Waals surface area contributed by atoms with Gasteiger partial charge in [-0.3, -0.25) is 9.59 Å². The fraction of sp³-hybridized carbons (Fsp3) is 0.667. The Morgan fingerprint density at radius 3 is 2.25 bits per heavy atom. The molecule has 7 nitrogen and oxygen atoms in total. The van der Waals surface area contributed by atoms with Gasteiger partial charge in [0.25, 0.3) is 0 Å². The fourth-order valence-corrected chi connectivity index (χ4v) is 1.05. The minimum atomic E-state index is -1.23. The first-order valence-electron chi connectivity index (χ1n) is 4.91. The number of hydrogen-bond donors (Lipinski definition) is 4. The molecule has 16 heavy (non-hydrogen) atoms. The second-order valence-electron chi connectivity index (χ2n) is 3.28. The van der Waals surface area contributed by atoms with E-state index in [9.17, 15) is 14.4 Å². The number of nitrogens with two attached hydrogens (primary N) is 1. The van der Waals surface area contributed by atoms with Crippen molar-refractivity contribution in [2.45, 2.75) is 31.7 Å². The van der Waals surface area contributed by atoms with E-state index in [-0.39, 0.29) is 19.3 Å². The van der Waals surface area contributed by atoms with E-state index in [0.29, 0.717) is 13.0 Å². The Hall–Kier alpha value is -1.63. The Bertz CT molecular complexity index is 267. The van der Waals surface area contributed by atoms with Crippen LogP contribution in [0.4, 0.5) is 0 Å². The number of carboxylic acid groups (broad SMARTS) is 2. The van der Waals surface area contributed by atoms with Crippen LogP contribution in [0.5, 0.6) is 0 Å². The van der Waals surface area contributed by atoms with Gasteiger partial charge < -0.3 is 21.3 Å². The molecule has 0 heterocycles. The molecule has 0 saturated heterocycles. The molecule has 0 aromatic heterocycles. The van der Waals surface area contributed by atoms with Crippen molar-refractivity contribution in [3.05, 3.63) is 0 Å². The van der Waals surface area contributed by atoms with E-state index in [1.54, 1.807) is 0 Å². The maximum Gasteiger partial charge on any atom is 0.326 e. The van der Waals surface area contributed by atoms with Crippen molar-refractivity contribution in [1.29, 1.82) is 0 Å². The highest BCUT2D eigenvalue weighted by molar-refractivity contribution is 5.83. The Labute approximate surface area is 92.6 Å². The molecule has 7 heteroatoms. The molecule has 5 N–H and O–H groups in total. The van der Waals surface area contributed by atoms with Crippen molar-refractivity contribution in [2.75, 3.05) is 6.54 Å². The predicted molar refractivity (Wildman–Crippen MR) is 54.7 cm³/mol. The summed E-state index contributed by atoms with van der Waals surface area (Å²) in [6, 6.07) is -1.15. The fourth-order valence-electron chi connectivity index (χ4n) is 1.05. The molecule has 1 amide bonds. The molecule has 0 unspecified atom stereocenters. The minimum Gasteiger partial charge on any atom is -0.481 e. The van der Waals surface area contributed by atoms with Crippen LogP contribution in [0, 0.1) is 0 Å². The number of aliphatic carboxylic acids is 2. The molecule has 0 bridgehead atoms. The van der Waals surface area contributed by atoms with E-state index in [2.05, 4.69) is 5.32 Å². The number of nitrogens with one attached hydrogen (secondary N) is 1. The van der Waals surface area contributed by atoms with E-state index >= 15 is 0 Å². The number of carboxylic acids is 2. The molecule has 0 spiro atoms. The number of rotatable bonds is 8. The van der Waals surface area contributed by atoms with Crippen molar-refractivity contribution >= 4 is 17.8 Å². The van der Waals surface area contributed by atoms with Crippen molar-refractivity contribution < 1.29 is 24.6 Å². The average molecular weight is 232 g/mol. The maximum absolute atomic E-state index is 11.2. The lowest BCUT2D eigenvalue weighted by Gasteiger charge is -2.13. The van der Waals surface area contributed by atoms with Crippen molar-refractivity contribution in [3.63, 3.8) is 0 Å². The molecular formula is C9H16N2O5. The summed E-state index contributed by atoms with van der Waals surface area (Å²) in [7, 11) is 0. The molecule has 0 radical (unpaired) electrons. The van der Waals surface area contributed by atoms with Crippen LogP contribution in [0.25, 0.3) is 0 Å². The van der Waals surface area contributed by atoms with Gasteiger partial charge in [-0.05, 0) is 19.4 Å². The first-order valence-corrected chi connectivity index (χ1v) is 4.91. The Kier molecular flexibility index (Phi) is 6.86.